The monoisotopic (exact) mass is 369 g/mol. The Bertz CT molecular complexity index is 956. The zero-order valence-electron chi connectivity index (χ0n) is 15.3. The molecule has 2 amide bonds. The van der Waals surface area contributed by atoms with Gasteiger partial charge in [-0.15, -0.1) is 0 Å². The van der Waals surface area contributed by atoms with Crippen molar-refractivity contribution in [1.82, 2.24) is 15.6 Å². The number of hydrogen-bond acceptors (Lipinski definition) is 4. The molecule has 27 heavy (non-hydrogen) atoms. The Morgan fingerprint density at radius 1 is 1.19 bits per heavy atom. The molecule has 7 heteroatoms. The summed E-state index contributed by atoms with van der Waals surface area (Å²) in [6.07, 6.45) is 4.01. The molecular formula is C20H23N3O4. The summed E-state index contributed by atoms with van der Waals surface area (Å²) in [5, 5.41) is 6.17. The molecule has 1 saturated carbocycles. The van der Waals surface area contributed by atoms with Crippen LogP contribution >= 0.6 is 0 Å². The first-order chi connectivity index (χ1) is 13.1. The number of carbonyl (C=O) groups is 2. The summed E-state index contributed by atoms with van der Waals surface area (Å²) < 4.78 is 5.35. The second-order valence-corrected chi connectivity index (χ2v) is 7.25. The molecule has 2 aromatic rings. The van der Waals surface area contributed by atoms with Crippen molar-refractivity contribution in [1.29, 1.82) is 0 Å². The van der Waals surface area contributed by atoms with Crippen LogP contribution < -0.4 is 16.2 Å². The minimum absolute atomic E-state index is 0.0149. The number of aromatic amines is 1. The van der Waals surface area contributed by atoms with E-state index in [1.807, 2.05) is 12.1 Å². The molecular weight excluding hydrogens is 346 g/mol. The summed E-state index contributed by atoms with van der Waals surface area (Å²) in [7, 11) is 1.48. The van der Waals surface area contributed by atoms with Gasteiger partial charge in [-0.3, -0.25) is 14.4 Å². The van der Waals surface area contributed by atoms with Gasteiger partial charge in [-0.05, 0) is 42.2 Å². The van der Waals surface area contributed by atoms with Crippen molar-refractivity contribution in [2.45, 2.75) is 37.6 Å². The number of nitrogens with one attached hydrogen (secondary N) is 3. The number of benzene rings is 1. The fourth-order valence-electron chi connectivity index (χ4n) is 3.81. The van der Waals surface area contributed by atoms with Crippen molar-refractivity contribution >= 4 is 22.7 Å². The zero-order chi connectivity index (χ0) is 19.0. The largest absolute Gasteiger partial charge is 0.379 e. The average Bonchev–Trinajstić information content (AvgIpc) is 3.11. The number of pyridine rings is 1. The van der Waals surface area contributed by atoms with E-state index in [1.165, 1.54) is 7.05 Å². The molecule has 1 aliphatic carbocycles. The molecule has 3 N–H and O–H groups in total. The van der Waals surface area contributed by atoms with Crippen molar-refractivity contribution in [3.8, 4) is 0 Å². The van der Waals surface area contributed by atoms with Crippen LogP contribution in [0.1, 0.15) is 57.9 Å². The van der Waals surface area contributed by atoms with Crippen molar-refractivity contribution in [2.24, 2.45) is 0 Å². The number of hydrogen-bond donors (Lipinski definition) is 3. The number of ether oxygens (including phenoxy) is 1. The quantitative estimate of drug-likeness (QED) is 0.763. The smallest absolute Gasteiger partial charge is 0.261 e. The molecule has 2 fully saturated rings. The average molecular weight is 369 g/mol. The van der Waals surface area contributed by atoms with E-state index in [0.29, 0.717) is 35.6 Å². The van der Waals surface area contributed by atoms with Gasteiger partial charge in [-0.1, -0.05) is 18.6 Å². The van der Waals surface area contributed by atoms with Crippen LogP contribution in [-0.2, 0) is 4.74 Å². The zero-order valence-corrected chi connectivity index (χ0v) is 15.3. The number of rotatable bonds is 4. The highest BCUT2D eigenvalue weighted by Gasteiger charge is 2.28. The number of aromatic nitrogens is 1. The van der Waals surface area contributed by atoms with E-state index in [4.69, 9.17) is 4.74 Å². The SMILES string of the molecule is CNC(=O)c1cc2ccc(C3CCC3)c(C(=O)NC3CCOC3)c2[nH]c1=O. The molecule has 1 saturated heterocycles. The lowest BCUT2D eigenvalue weighted by Gasteiger charge is -2.28. The first-order valence-corrected chi connectivity index (χ1v) is 9.39. The fraction of sp³-hybridized carbons (Fsp3) is 0.450. The minimum atomic E-state index is -0.495. The van der Waals surface area contributed by atoms with Gasteiger partial charge in [-0.2, -0.15) is 0 Å². The predicted octanol–water partition coefficient (Wildman–Crippen LogP) is 1.67. The lowest BCUT2D eigenvalue weighted by atomic mass is 9.77. The molecule has 1 aromatic carbocycles. The lowest BCUT2D eigenvalue weighted by Crippen LogP contribution is -2.36. The van der Waals surface area contributed by atoms with E-state index in [9.17, 15) is 14.4 Å². The molecule has 0 bridgehead atoms. The van der Waals surface area contributed by atoms with Gasteiger partial charge in [0.15, 0.2) is 0 Å². The Morgan fingerprint density at radius 3 is 2.63 bits per heavy atom. The van der Waals surface area contributed by atoms with Gasteiger partial charge in [0.05, 0.1) is 23.7 Å². The van der Waals surface area contributed by atoms with Gasteiger partial charge >= 0.3 is 0 Å². The number of fused-ring (bicyclic) bond motifs is 1. The Labute approximate surface area is 156 Å². The van der Waals surface area contributed by atoms with Crippen LogP contribution in [0.15, 0.2) is 23.0 Å². The molecule has 1 atom stereocenters. The molecule has 4 rings (SSSR count). The van der Waals surface area contributed by atoms with Gasteiger partial charge in [0, 0.05) is 13.7 Å². The standard InChI is InChI=1S/C20H23N3O4/c1-21-18(24)15-9-12-5-6-14(11-3-2-4-11)16(17(12)23-19(15)25)20(26)22-13-7-8-27-10-13/h5-6,9,11,13H,2-4,7-8,10H2,1H3,(H,21,24)(H,22,26)(H,23,25). The van der Waals surface area contributed by atoms with Crippen LogP contribution in [0, 0.1) is 0 Å². The Hall–Kier alpha value is -2.67. The molecule has 1 aromatic heterocycles. The molecule has 2 aliphatic rings. The highest BCUT2D eigenvalue weighted by Crippen LogP contribution is 2.39. The summed E-state index contributed by atoms with van der Waals surface area (Å²) >= 11 is 0. The highest BCUT2D eigenvalue weighted by molar-refractivity contribution is 6.08. The lowest BCUT2D eigenvalue weighted by molar-refractivity contribution is 0.0928. The van der Waals surface area contributed by atoms with Gasteiger partial charge in [0.25, 0.3) is 17.4 Å². The normalized spacial score (nSPS) is 19.7. The number of amides is 2. The maximum Gasteiger partial charge on any atom is 0.261 e. The summed E-state index contributed by atoms with van der Waals surface area (Å²) in [6.45, 7) is 1.15. The summed E-state index contributed by atoms with van der Waals surface area (Å²) in [5.41, 5.74) is 1.52. The third-order valence-corrected chi connectivity index (χ3v) is 5.56. The van der Waals surface area contributed by atoms with Crippen molar-refractivity contribution < 1.29 is 14.3 Å². The topological polar surface area (TPSA) is 100 Å². The molecule has 1 aliphatic heterocycles. The summed E-state index contributed by atoms with van der Waals surface area (Å²) in [6, 6.07) is 5.37. The van der Waals surface area contributed by atoms with Crippen LogP contribution in [0.2, 0.25) is 0 Å². The van der Waals surface area contributed by atoms with Crippen LogP contribution in [0.4, 0.5) is 0 Å². The van der Waals surface area contributed by atoms with Crippen molar-refractivity contribution in [2.75, 3.05) is 20.3 Å². The molecule has 2 heterocycles. The van der Waals surface area contributed by atoms with E-state index in [1.54, 1.807) is 6.07 Å². The predicted molar refractivity (Wildman–Crippen MR) is 101 cm³/mol. The maximum absolute atomic E-state index is 13.1. The minimum Gasteiger partial charge on any atom is -0.379 e. The Kier molecular flexibility index (Phi) is 4.70. The van der Waals surface area contributed by atoms with Gasteiger partial charge in [0.2, 0.25) is 0 Å². The molecule has 0 spiro atoms. The molecule has 7 nitrogen and oxygen atoms in total. The van der Waals surface area contributed by atoms with Crippen LogP contribution in [0.5, 0.6) is 0 Å². The summed E-state index contributed by atoms with van der Waals surface area (Å²) in [5.74, 6) is -0.311. The first-order valence-electron chi connectivity index (χ1n) is 9.39. The van der Waals surface area contributed by atoms with Gasteiger partial charge in [0.1, 0.15) is 5.56 Å². The van der Waals surface area contributed by atoms with Crippen molar-refractivity contribution in [3.63, 3.8) is 0 Å². The second kappa shape index (κ2) is 7.15. The molecule has 142 valence electrons. The van der Waals surface area contributed by atoms with E-state index >= 15 is 0 Å². The highest BCUT2D eigenvalue weighted by atomic mass is 16.5. The van der Waals surface area contributed by atoms with E-state index in [-0.39, 0.29) is 17.5 Å². The number of H-pyrrole nitrogens is 1. The third-order valence-electron chi connectivity index (χ3n) is 5.56. The second-order valence-electron chi connectivity index (χ2n) is 7.25. The Morgan fingerprint density at radius 2 is 2.00 bits per heavy atom. The van der Waals surface area contributed by atoms with E-state index in [2.05, 4.69) is 15.6 Å². The fourth-order valence-corrected chi connectivity index (χ4v) is 3.81. The van der Waals surface area contributed by atoms with Crippen LogP contribution in [-0.4, -0.2) is 43.1 Å². The first kappa shape index (κ1) is 17.7. The van der Waals surface area contributed by atoms with Gasteiger partial charge < -0.3 is 20.4 Å². The third kappa shape index (κ3) is 3.23. The molecule has 0 radical (unpaired) electrons. The van der Waals surface area contributed by atoms with Gasteiger partial charge in [-0.25, -0.2) is 0 Å². The van der Waals surface area contributed by atoms with E-state index in [0.717, 1.165) is 31.2 Å². The molecule has 1 unspecified atom stereocenters. The van der Waals surface area contributed by atoms with Crippen molar-refractivity contribution in [3.05, 3.63) is 45.2 Å². The van der Waals surface area contributed by atoms with E-state index < -0.39 is 11.5 Å². The van der Waals surface area contributed by atoms with Crippen LogP contribution in [0.3, 0.4) is 0 Å². The van der Waals surface area contributed by atoms with Crippen LogP contribution in [0.25, 0.3) is 10.9 Å². The number of carbonyl (C=O) groups excluding carboxylic acids is 2. The summed E-state index contributed by atoms with van der Waals surface area (Å²) in [4.78, 5) is 40.3. The Balaban J connectivity index is 1.83. The maximum atomic E-state index is 13.1.